The highest BCUT2D eigenvalue weighted by atomic mass is 31.3. The van der Waals surface area contributed by atoms with E-state index in [0.29, 0.717) is 12.8 Å². The van der Waals surface area contributed by atoms with Gasteiger partial charge in [-0.15, -0.1) is 0 Å². The van der Waals surface area contributed by atoms with Crippen molar-refractivity contribution in [3.63, 3.8) is 0 Å². The number of hydrogen-bond acceptors (Lipinski definition) is 9. The number of amidine groups is 1. The molecule has 3 unspecified atom stereocenters. The Morgan fingerprint density at radius 3 is 2.39 bits per heavy atom. The van der Waals surface area contributed by atoms with Gasteiger partial charge in [-0.25, -0.2) is 13.7 Å². The monoisotopic (exact) mass is 467 g/mol. The van der Waals surface area contributed by atoms with Gasteiger partial charge in [-0.2, -0.15) is 8.62 Å². The molecule has 1 heterocycles. The first-order chi connectivity index (χ1) is 12.8. The number of rotatable bonds is 11. The lowest BCUT2D eigenvalue weighted by atomic mass is 10.2. The molecular formula is C10H20N3O12P3. The third kappa shape index (κ3) is 9.50. The zero-order valence-electron chi connectivity index (χ0n) is 14.4. The molecule has 0 spiro atoms. The average molecular weight is 467 g/mol. The maximum absolute atomic E-state index is 11.6. The first-order valence-corrected chi connectivity index (χ1v) is 11.9. The molecule has 0 aromatic rings. The number of hydrogen-bond donors (Lipinski definition) is 5. The summed E-state index contributed by atoms with van der Waals surface area (Å²) in [4.78, 5) is 51.3. The maximum Gasteiger partial charge on any atom is 0.490 e. The van der Waals surface area contributed by atoms with Gasteiger partial charge in [0, 0.05) is 13.2 Å². The van der Waals surface area contributed by atoms with Crippen LogP contribution in [0.2, 0.25) is 0 Å². The van der Waals surface area contributed by atoms with E-state index < -0.39 is 42.4 Å². The van der Waals surface area contributed by atoms with E-state index in [1.54, 1.807) is 0 Å². The van der Waals surface area contributed by atoms with Crippen LogP contribution in [0.4, 0.5) is 0 Å². The fourth-order valence-corrected chi connectivity index (χ4v) is 4.99. The van der Waals surface area contributed by atoms with Gasteiger partial charge >= 0.3 is 23.5 Å². The normalized spacial score (nSPS) is 25.4. The van der Waals surface area contributed by atoms with E-state index in [2.05, 4.69) is 18.1 Å². The summed E-state index contributed by atoms with van der Waals surface area (Å²) in [5.74, 6) is 0.161. The molecule has 4 atom stereocenters. The van der Waals surface area contributed by atoms with Crippen LogP contribution in [0.15, 0.2) is 17.3 Å². The molecule has 0 aromatic carbocycles. The highest BCUT2D eigenvalue weighted by Gasteiger charge is 2.41. The summed E-state index contributed by atoms with van der Waals surface area (Å²) in [5.41, 5.74) is 5.47. The van der Waals surface area contributed by atoms with Crippen LogP contribution in [0.1, 0.15) is 12.8 Å². The smallest absolute Gasteiger partial charge is 0.384 e. The van der Waals surface area contributed by atoms with Gasteiger partial charge in [0.2, 0.25) is 6.41 Å². The molecule has 1 fully saturated rings. The second-order valence-electron chi connectivity index (χ2n) is 5.19. The standard InChI is InChI=1S/C10H20N3O12P3/c1-12-9(11)4-5-13(7-14)10-3-2-8(23-10)6-22-27(18,19)25-28(20,21)24-26(15,16)17/h4-5,7-8,10H,2-3,6H2,1H3,(H2,11,12)(H,18,19)(H,20,21)(H2,15,16,17)/b5-4-/t8?,10-/m1/s1. The zero-order chi connectivity index (χ0) is 21.6. The first kappa shape index (κ1) is 25.1. The van der Waals surface area contributed by atoms with Crippen LogP contribution in [-0.4, -0.2) is 62.7 Å². The second kappa shape index (κ2) is 10.2. The maximum atomic E-state index is 11.6. The Kier molecular flexibility index (Phi) is 9.13. The number of carbonyl (C=O) groups is 1. The van der Waals surface area contributed by atoms with Gasteiger partial charge in [0.25, 0.3) is 0 Å². The number of phosphoric ester groups is 1. The van der Waals surface area contributed by atoms with Crippen molar-refractivity contribution >= 4 is 35.7 Å². The van der Waals surface area contributed by atoms with Crippen molar-refractivity contribution in [3.8, 4) is 0 Å². The summed E-state index contributed by atoms with van der Waals surface area (Å²) in [6, 6.07) is 0. The van der Waals surface area contributed by atoms with Gasteiger partial charge in [-0.05, 0) is 18.9 Å². The molecule has 1 saturated heterocycles. The minimum Gasteiger partial charge on any atom is -0.384 e. The van der Waals surface area contributed by atoms with Gasteiger partial charge in [-0.1, -0.05) is 0 Å². The fraction of sp³-hybridized carbons (Fsp3) is 0.600. The van der Waals surface area contributed by atoms with Gasteiger partial charge in [0.15, 0.2) is 0 Å². The summed E-state index contributed by atoms with van der Waals surface area (Å²) in [7, 11) is -14.8. The van der Waals surface area contributed by atoms with E-state index in [1.165, 1.54) is 19.3 Å². The van der Waals surface area contributed by atoms with E-state index in [4.69, 9.17) is 25.2 Å². The number of aliphatic imine (C=N–C) groups is 1. The molecule has 162 valence electrons. The Balaban J connectivity index is 2.58. The number of ether oxygens (including phenoxy) is 1. The Morgan fingerprint density at radius 1 is 1.21 bits per heavy atom. The molecule has 1 aliphatic heterocycles. The lowest BCUT2D eigenvalue weighted by Gasteiger charge is -2.22. The number of phosphoric acid groups is 3. The van der Waals surface area contributed by atoms with E-state index in [0.717, 1.165) is 4.90 Å². The summed E-state index contributed by atoms with van der Waals surface area (Å²) in [6.45, 7) is -0.588. The number of nitrogens with two attached hydrogens (primary N) is 1. The van der Waals surface area contributed by atoms with Crippen LogP contribution < -0.4 is 5.73 Å². The van der Waals surface area contributed by atoms with E-state index in [-0.39, 0.29) is 12.3 Å². The van der Waals surface area contributed by atoms with Crippen LogP contribution in [0.25, 0.3) is 0 Å². The molecular weight excluding hydrogens is 447 g/mol. The number of amides is 1. The largest absolute Gasteiger partial charge is 0.490 e. The summed E-state index contributed by atoms with van der Waals surface area (Å²) in [6.07, 6.45) is 2.25. The molecule has 1 rings (SSSR count). The highest BCUT2D eigenvalue weighted by Crippen LogP contribution is 2.66. The quantitative estimate of drug-likeness (QED) is 0.115. The molecule has 0 aromatic heterocycles. The average Bonchev–Trinajstić information content (AvgIpc) is 2.99. The van der Waals surface area contributed by atoms with Crippen molar-refractivity contribution in [2.24, 2.45) is 10.7 Å². The van der Waals surface area contributed by atoms with Crippen LogP contribution in [0, 0.1) is 0 Å². The molecule has 15 nitrogen and oxygen atoms in total. The van der Waals surface area contributed by atoms with E-state index >= 15 is 0 Å². The van der Waals surface area contributed by atoms with E-state index in [9.17, 15) is 23.4 Å². The molecule has 0 aliphatic carbocycles. The predicted molar refractivity (Wildman–Crippen MR) is 92.3 cm³/mol. The second-order valence-corrected chi connectivity index (χ2v) is 9.61. The minimum atomic E-state index is -5.58. The van der Waals surface area contributed by atoms with Crippen molar-refractivity contribution in [2.75, 3.05) is 13.7 Å². The van der Waals surface area contributed by atoms with Gasteiger partial charge in [0.05, 0.1) is 12.7 Å². The molecule has 6 N–H and O–H groups in total. The molecule has 0 saturated carbocycles. The molecule has 0 bridgehead atoms. The summed E-state index contributed by atoms with van der Waals surface area (Å²) >= 11 is 0. The van der Waals surface area contributed by atoms with Crippen molar-refractivity contribution in [1.29, 1.82) is 0 Å². The van der Waals surface area contributed by atoms with Crippen molar-refractivity contribution in [3.05, 3.63) is 12.3 Å². The fourth-order valence-electron chi connectivity index (χ4n) is 1.95. The Bertz CT molecular complexity index is 751. The van der Waals surface area contributed by atoms with Crippen LogP contribution >= 0.6 is 23.5 Å². The minimum absolute atomic E-state index is 0.161. The summed E-state index contributed by atoms with van der Waals surface area (Å²) in [5, 5.41) is 0. The zero-order valence-corrected chi connectivity index (χ0v) is 17.1. The van der Waals surface area contributed by atoms with Crippen molar-refractivity contribution < 1.29 is 55.9 Å². The SMILES string of the molecule is CN=C(N)/C=C\N(C=O)[C@H]1CCC(COP(=O)(O)OP(=O)(O)OP(=O)(O)O)O1. The molecule has 0 radical (unpaired) electrons. The third-order valence-corrected chi connectivity index (χ3v) is 6.86. The Morgan fingerprint density at radius 2 is 1.86 bits per heavy atom. The van der Waals surface area contributed by atoms with Gasteiger partial charge in [0.1, 0.15) is 12.1 Å². The molecule has 1 amide bonds. The van der Waals surface area contributed by atoms with Crippen molar-refractivity contribution in [2.45, 2.75) is 25.2 Å². The lowest BCUT2D eigenvalue weighted by molar-refractivity contribution is -0.127. The van der Waals surface area contributed by atoms with Crippen LogP contribution in [0.3, 0.4) is 0 Å². The van der Waals surface area contributed by atoms with Gasteiger partial charge in [-0.3, -0.25) is 19.2 Å². The third-order valence-electron chi connectivity index (χ3n) is 3.05. The highest BCUT2D eigenvalue weighted by molar-refractivity contribution is 7.66. The Hall–Kier alpha value is -0.950. The molecule has 18 heteroatoms. The lowest BCUT2D eigenvalue weighted by Crippen LogP contribution is -2.30. The Labute approximate surface area is 159 Å². The summed E-state index contributed by atoms with van der Waals surface area (Å²) < 4.78 is 50.5. The van der Waals surface area contributed by atoms with Gasteiger partial charge < -0.3 is 30.0 Å². The molecule has 1 aliphatic rings. The first-order valence-electron chi connectivity index (χ1n) is 7.34. The molecule has 28 heavy (non-hydrogen) atoms. The predicted octanol–water partition coefficient (Wildman–Crippen LogP) is -0.206. The number of nitrogens with zero attached hydrogens (tertiary/aromatic N) is 2. The van der Waals surface area contributed by atoms with E-state index in [1.807, 2.05) is 0 Å². The van der Waals surface area contributed by atoms with Crippen LogP contribution in [-0.2, 0) is 36.4 Å². The van der Waals surface area contributed by atoms with Crippen molar-refractivity contribution in [1.82, 2.24) is 4.90 Å². The van der Waals surface area contributed by atoms with Crippen LogP contribution in [0.5, 0.6) is 0 Å². The number of carbonyl (C=O) groups excluding carboxylic acids is 1. The topological polar surface area (TPSA) is 228 Å².